The molecule has 118 valence electrons. The van der Waals surface area contributed by atoms with E-state index in [1.165, 1.54) is 48.5 Å². The highest BCUT2D eigenvalue weighted by atomic mass is 19.1. The lowest BCUT2D eigenvalue weighted by Crippen LogP contribution is -2.23. The van der Waals surface area contributed by atoms with Crippen molar-refractivity contribution in [1.82, 2.24) is 15.4 Å². The lowest BCUT2D eigenvalue weighted by molar-refractivity contribution is -0.782. The van der Waals surface area contributed by atoms with Crippen LogP contribution in [0.3, 0.4) is 0 Å². The molecule has 2 heterocycles. The Bertz CT molecular complexity index is 1030. The van der Waals surface area contributed by atoms with Crippen molar-refractivity contribution in [3.8, 4) is 22.5 Å². The zero-order valence-corrected chi connectivity index (χ0v) is 12.0. The summed E-state index contributed by atoms with van der Waals surface area (Å²) in [6.07, 6.45) is 0. The zero-order chi connectivity index (χ0) is 16.7. The Morgan fingerprint density at radius 1 is 0.792 bits per heavy atom. The van der Waals surface area contributed by atoms with Gasteiger partial charge in [0, 0.05) is 16.3 Å². The van der Waals surface area contributed by atoms with Gasteiger partial charge in [0.2, 0.25) is 0 Å². The number of fused-ring (bicyclic) bond motifs is 1. The van der Waals surface area contributed by atoms with E-state index in [1.54, 1.807) is 0 Å². The summed E-state index contributed by atoms with van der Waals surface area (Å²) in [7, 11) is 0. The Morgan fingerprint density at radius 2 is 1.29 bits per heavy atom. The van der Waals surface area contributed by atoms with Crippen LogP contribution < -0.4 is 4.90 Å². The van der Waals surface area contributed by atoms with Gasteiger partial charge in [0.15, 0.2) is 5.69 Å². The zero-order valence-electron chi connectivity index (χ0n) is 12.0. The molecular formula is C16H8F2N4O2. The van der Waals surface area contributed by atoms with E-state index in [2.05, 4.69) is 20.0 Å². The SMILES string of the molecule is [O-][n+]1onc2c(-c3ccc(F)cc3)nnc(-c3ccc(F)cc3)c21. The van der Waals surface area contributed by atoms with Crippen molar-refractivity contribution in [2.45, 2.75) is 0 Å². The second-order valence-corrected chi connectivity index (χ2v) is 5.04. The maximum Gasteiger partial charge on any atom is 0.278 e. The molecule has 0 saturated carbocycles. The van der Waals surface area contributed by atoms with Gasteiger partial charge >= 0.3 is 0 Å². The Morgan fingerprint density at radius 3 is 1.88 bits per heavy atom. The van der Waals surface area contributed by atoms with E-state index in [0.717, 1.165) is 0 Å². The molecule has 4 aromatic rings. The molecule has 0 aliphatic rings. The molecule has 6 nitrogen and oxygen atoms in total. The lowest BCUT2D eigenvalue weighted by atomic mass is 10.1. The van der Waals surface area contributed by atoms with Crippen molar-refractivity contribution in [3.05, 3.63) is 65.4 Å². The molecule has 0 unspecified atom stereocenters. The van der Waals surface area contributed by atoms with Crippen molar-refractivity contribution in [2.75, 3.05) is 0 Å². The largest absolute Gasteiger partial charge is 0.359 e. The van der Waals surface area contributed by atoms with Crippen molar-refractivity contribution in [3.63, 3.8) is 0 Å². The predicted octanol–water partition coefficient (Wildman–Crippen LogP) is 2.86. The molecule has 2 aromatic heterocycles. The number of nitrogens with zero attached hydrogens (tertiary/aromatic N) is 4. The van der Waals surface area contributed by atoms with Crippen LogP contribution in [-0.2, 0) is 0 Å². The molecular weight excluding hydrogens is 318 g/mol. The van der Waals surface area contributed by atoms with Crippen LogP contribution in [0.25, 0.3) is 33.5 Å². The Labute approximate surface area is 133 Å². The fourth-order valence-electron chi connectivity index (χ4n) is 2.40. The van der Waals surface area contributed by atoms with Crippen LogP contribution in [0.4, 0.5) is 8.78 Å². The van der Waals surface area contributed by atoms with Gasteiger partial charge in [0.05, 0.1) is 0 Å². The molecule has 0 N–H and O–H groups in total. The number of hydrogen-bond acceptors (Lipinski definition) is 5. The summed E-state index contributed by atoms with van der Waals surface area (Å²) in [4.78, 5) is 0.218. The molecule has 0 radical (unpaired) electrons. The average Bonchev–Trinajstić information content (AvgIpc) is 2.98. The summed E-state index contributed by atoms with van der Waals surface area (Å²) in [5, 5.41) is 23.8. The molecule has 0 atom stereocenters. The second kappa shape index (κ2) is 5.34. The molecule has 0 aliphatic carbocycles. The molecule has 0 bridgehead atoms. The summed E-state index contributed by atoms with van der Waals surface area (Å²) in [6, 6.07) is 11.0. The van der Waals surface area contributed by atoms with Gasteiger partial charge in [-0.05, 0) is 53.4 Å². The summed E-state index contributed by atoms with van der Waals surface area (Å²) in [5.74, 6) is -0.809. The van der Waals surface area contributed by atoms with E-state index >= 15 is 0 Å². The third-order valence-corrected chi connectivity index (χ3v) is 3.55. The van der Waals surface area contributed by atoms with Crippen LogP contribution in [0.1, 0.15) is 0 Å². The fraction of sp³-hybridized carbons (Fsp3) is 0. The van der Waals surface area contributed by atoms with Gasteiger partial charge in [0.1, 0.15) is 17.3 Å². The second-order valence-electron chi connectivity index (χ2n) is 5.04. The van der Waals surface area contributed by atoms with Gasteiger partial charge in [0.25, 0.3) is 11.0 Å². The van der Waals surface area contributed by atoms with E-state index < -0.39 is 11.6 Å². The lowest BCUT2D eigenvalue weighted by Gasteiger charge is -2.03. The number of halogens is 2. The van der Waals surface area contributed by atoms with Gasteiger partial charge in [-0.2, -0.15) is 0 Å². The van der Waals surface area contributed by atoms with E-state index in [4.69, 9.17) is 0 Å². The first-order valence-corrected chi connectivity index (χ1v) is 6.91. The first kappa shape index (κ1) is 14.2. The highest BCUT2D eigenvalue weighted by Gasteiger charge is 2.24. The smallest absolute Gasteiger partial charge is 0.278 e. The molecule has 24 heavy (non-hydrogen) atoms. The number of benzene rings is 2. The van der Waals surface area contributed by atoms with Gasteiger partial charge in [-0.15, -0.1) is 10.2 Å². The first-order chi connectivity index (χ1) is 11.6. The van der Waals surface area contributed by atoms with Gasteiger partial charge in [-0.1, -0.05) is 0 Å². The quantitative estimate of drug-likeness (QED) is 0.529. The van der Waals surface area contributed by atoms with E-state index in [0.29, 0.717) is 11.1 Å². The minimum atomic E-state index is -0.411. The molecule has 0 saturated heterocycles. The van der Waals surface area contributed by atoms with Crippen LogP contribution >= 0.6 is 0 Å². The number of hydrogen-bond donors (Lipinski definition) is 0. The standard InChI is InChI=1S/C16H8F2N4O2/c17-11-5-1-9(2-6-11)13-15-16(22(23)24-21-15)14(20-19-13)10-3-7-12(18)8-4-10/h1-8H. The summed E-state index contributed by atoms with van der Waals surface area (Å²) < 4.78 is 30.8. The summed E-state index contributed by atoms with van der Waals surface area (Å²) in [5.41, 5.74) is 1.78. The molecule has 0 aliphatic heterocycles. The van der Waals surface area contributed by atoms with Gasteiger partial charge < -0.3 is 5.21 Å². The van der Waals surface area contributed by atoms with Gasteiger partial charge in [-0.25, -0.2) is 8.78 Å². The summed E-state index contributed by atoms with van der Waals surface area (Å²) >= 11 is 0. The van der Waals surface area contributed by atoms with Crippen LogP contribution in [-0.4, -0.2) is 15.4 Å². The van der Waals surface area contributed by atoms with Crippen LogP contribution in [0, 0.1) is 16.8 Å². The van der Waals surface area contributed by atoms with Crippen LogP contribution in [0.2, 0.25) is 0 Å². The minimum absolute atomic E-state index is 0.0657. The normalized spacial score (nSPS) is 11.1. The maximum absolute atomic E-state index is 13.1. The Hall–Kier alpha value is -3.42. The molecule has 0 amide bonds. The minimum Gasteiger partial charge on any atom is -0.359 e. The van der Waals surface area contributed by atoms with E-state index in [1.807, 2.05) is 0 Å². The van der Waals surface area contributed by atoms with Gasteiger partial charge in [-0.3, -0.25) is 4.63 Å². The number of rotatable bonds is 2. The third kappa shape index (κ3) is 2.24. The highest BCUT2D eigenvalue weighted by Crippen LogP contribution is 2.29. The van der Waals surface area contributed by atoms with Crippen LogP contribution in [0.15, 0.2) is 53.2 Å². The molecule has 0 fully saturated rings. The molecule has 4 rings (SSSR count). The first-order valence-electron chi connectivity index (χ1n) is 6.91. The van der Waals surface area contributed by atoms with Crippen molar-refractivity contribution in [2.24, 2.45) is 0 Å². The van der Waals surface area contributed by atoms with Crippen molar-refractivity contribution in [1.29, 1.82) is 0 Å². The number of aromatic nitrogens is 4. The monoisotopic (exact) mass is 326 g/mol. The van der Waals surface area contributed by atoms with Crippen molar-refractivity contribution < 1.29 is 18.3 Å². The predicted molar refractivity (Wildman–Crippen MR) is 79.3 cm³/mol. The van der Waals surface area contributed by atoms with Crippen LogP contribution in [0.5, 0.6) is 0 Å². The maximum atomic E-state index is 13.1. The van der Waals surface area contributed by atoms with E-state index in [-0.39, 0.29) is 27.3 Å². The molecule has 8 heteroatoms. The Kier molecular flexibility index (Phi) is 3.16. The highest BCUT2D eigenvalue weighted by molar-refractivity contribution is 5.94. The molecule has 2 aromatic carbocycles. The fourth-order valence-corrected chi connectivity index (χ4v) is 2.40. The topological polar surface area (TPSA) is 78.8 Å². The Balaban J connectivity index is 1.96. The third-order valence-electron chi connectivity index (χ3n) is 3.55. The summed E-state index contributed by atoms with van der Waals surface area (Å²) in [6.45, 7) is 0. The van der Waals surface area contributed by atoms with E-state index in [9.17, 15) is 14.0 Å². The average molecular weight is 326 g/mol. The van der Waals surface area contributed by atoms with Crippen molar-refractivity contribution >= 4 is 11.0 Å². The molecule has 0 spiro atoms.